The normalized spacial score (nSPS) is 27.3. The van der Waals surface area contributed by atoms with Crippen LogP contribution in [0.3, 0.4) is 0 Å². The molecule has 3 N–H and O–H groups in total. The molecule has 5 fully saturated rings. The topological polar surface area (TPSA) is 250 Å². The number of carbonyl (C=O) groups excluding carboxylic acids is 11. The van der Waals surface area contributed by atoms with Crippen LogP contribution in [0.4, 0.5) is 22.0 Å². The van der Waals surface area contributed by atoms with E-state index < -0.39 is 180 Å². The average Bonchev–Trinajstić information content (AvgIpc) is 1.25. The molecule has 526 valence electrons. The van der Waals surface area contributed by atoms with E-state index in [1.54, 1.807) is 13.8 Å². The van der Waals surface area contributed by atoms with E-state index in [1.807, 2.05) is 20.8 Å². The third kappa shape index (κ3) is 18.9. The van der Waals surface area contributed by atoms with E-state index in [0.29, 0.717) is 30.6 Å². The van der Waals surface area contributed by atoms with Gasteiger partial charge in [0.2, 0.25) is 65.0 Å². The quantitative estimate of drug-likeness (QED) is 0.233. The van der Waals surface area contributed by atoms with Gasteiger partial charge in [-0.3, -0.25) is 52.7 Å². The smallest absolute Gasteiger partial charge is 0.343 e. The Morgan fingerprint density at radius 1 is 0.660 bits per heavy atom. The highest BCUT2D eigenvalue weighted by molar-refractivity contribution is 6.31. The third-order valence-electron chi connectivity index (χ3n) is 20.2. The number of hydrogen-bond donors (Lipinski definition) is 3. The van der Waals surface area contributed by atoms with Crippen molar-refractivity contribution in [2.75, 3.05) is 75.5 Å². The van der Waals surface area contributed by atoms with Gasteiger partial charge < -0.3 is 55.1 Å². The van der Waals surface area contributed by atoms with Crippen molar-refractivity contribution in [2.45, 2.75) is 217 Å². The molecule has 8 atom stereocenters. The van der Waals surface area contributed by atoms with E-state index in [4.69, 9.17) is 11.6 Å². The van der Waals surface area contributed by atoms with Gasteiger partial charge in [-0.2, -0.15) is 13.2 Å². The Morgan fingerprint density at radius 3 is 1.83 bits per heavy atom. The highest BCUT2D eigenvalue weighted by atomic mass is 35.5. The summed E-state index contributed by atoms with van der Waals surface area (Å²) in [5, 5.41) is 7.46. The standard InChI is InChI=1S/C66H99ClF5N11O11/c1-13-40(4)55-61(92)78(8)36-53(86)76(6)37-54(87)81(11)49(33-42-20-15-14-16-21-42)60(91)77(7)35-51(84)73-47(27-25-43-24-26-45(46(67)32-43)66(70,71)72)59(90)83-38-65(68,69)34-50(83)58(89)75-64(28-19-29-64)63(94)82(12)56(44-22-17-18-23-44)62(93)79(9)41(5)31-52(85)80(10)48(30-39(2)3)57(88)74-55/h24,26,32,39-42,44,47-50,55-56H,13-23,25,27-31,33-38H2,1-12H3,(H,73,84)(H,74,88)(H,75,89)/t40?,41-,47+,48+,49+,50+,55+,56+/m1/s1. The van der Waals surface area contributed by atoms with Crippen molar-refractivity contribution >= 4 is 76.6 Å². The summed E-state index contributed by atoms with van der Waals surface area (Å²) in [4.78, 5) is 169. The van der Waals surface area contributed by atoms with Crippen molar-refractivity contribution in [1.82, 2.24) is 55.1 Å². The van der Waals surface area contributed by atoms with Crippen molar-refractivity contribution in [2.24, 2.45) is 23.7 Å². The number of nitrogens with zero attached hydrogens (tertiary/aromatic N) is 8. The van der Waals surface area contributed by atoms with Crippen LogP contribution < -0.4 is 16.0 Å². The highest BCUT2D eigenvalue weighted by Gasteiger charge is 2.56. The van der Waals surface area contributed by atoms with Gasteiger partial charge in [0.15, 0.2) is 0 Å². The lowest BCUT2D eigenvalue weighted by Crippen LogP contribution is -2.68. The zero-order valence-electron chi connectivity index (χ0n) is 56.7. The molecule has 2 heterocycles. The fourth-order valence-corrected chi connectivity index (χ4v) is 14.1. The van der Waals surface area contributed by atoms with Gasteiger partial charge >= 0.3 is 6.18 Å². The lowest BCUT2D eigenvalue weighted by molar-refractivity contribution is -0.155. The SMILES string of the molecule is CCC(C)[C@@H]1NC(=O)[C@H](CC(C)C)N(C)C(=O)C[C@@H](C)N(C)C(=O)[C@H](C2CCCC2)N(C)C(=O)C2(CCC2)NC(=O)[C@@H]2CC(F)(F)CN2C(=O)[C@H](CCc2ccc(C(F)(F)F)c(Cl)c2)NC(=O)CN(C)C(=O)[C@H](CC2CCCCC2)N(C)C(=O)CN(C)C(=O)CN(C)C1=O. The zero-order chi connectivity index (χ0) is 70.1. The molecule has 1 spiro atoms. The molecule has 1 unspecified atom stereocenters. The molecule has 1 aromatic rings. The van der Waals surface area contributed by atoms with Crippen LogP contribution in [-0.2, 0) is 65.3 Å². The number of hydrogen-bond acceptors (Lipinski definition) is 11. The van der Waals surface area contributed by atoms with E-state index in [9.17, 15) is 61.1 Å². The number of likely N-dealkylation sites (N-methyl/N-ethyl adjacent to an activating group) is 7. The number of alkyl halides is 5. The number of fused-ring (bicyclic) bond motifs is 1. The zero-order valence-corrected chi connectivity index (χ0v) is 57.4. The summed E-state index contributed by atoms with van der Waals surface area (Å²) in [6, 6.07) is -6.22. The molecule has 94 heavy (non-hydrogen) atoms. The van der Waals surface area contributed by atoms with Crippen molar-refractivity contribution in [3.8, 4) is 0 Å². The number of amides is 11. The summed E-state index contributed by atoms with van der Waals surface area (Å²) in [6.45, 7) is 5.81. The van der Waals surface area contributed by atoms with Gasteiger partial charge in [0, 0.05) is 68.2 Å². The van der Waals surface area contributed by atoms with Gasteiger partial charge in [0.1, 0.15) is 41.8 Å². The van der Waals surface area contributed by atoms with Crippen LogP contribution in [0, 0.1) is 23.7 Å². The van der Waals surface area contributed by atoms with Crippen LogP contribution in [-0.4, -0.2) is 233 Å². The molecule has 6 rings (SSSR count). The van der Waals surface area contributed by atoms with Crippen molar-refractivity contribution in [3.63, 3.8) is 0 Å². The summed E-state index contributed by atoms with van der Waals surface area (Å²) in [5.74, 6) is -13.0. The third-order valence-corrected chi connectivity index (χ3v) is 20.5. The van der Waals surface area contributed by atoms with Gasteiger partial charge in [0.25, 0.3) is 5.92 Å². The predicted molar refractivity (Wildman–Crippen MR) is 340 cm³/mol. The minimum Gasteiger partial charge on any atom is -0.343 e. The first-order valence-electron chi connectivity index (χ1n) is 33.2. The molecule has 2 saturated heterocycles. The van der Waals surface area contributed by atoms with Crippen molar-refractivity contribution in [1.29, 1.82) is 0 Å². The number of rotatable bonds is 10. The van der Waals surface area contributed by atoms with Crippen LogP contribution in [0.15, 0.2) is 18.2 Å². The molecule has 28 heteroatoms. The second-order valence-corrected chi connectivity index (χ2v) is 28.2. The second kappa shape index (κ2) is 32.4. The molecular formula is C66H99ClF5N11O11. The molecule has 1 aromatic carbocycles. The second-order valence-electron chi connectivity index (χ2n) is 27.8. The molecule has 0 bridgehead atoms. The average molecular weight is 1350 g/mol. The first-order valence-corrected chi connectivity index (χ1v) is 33.5. The molecular weight excluding hydrogens is 1250 g/mol. The van der Waals surface area contributed by atoms with Gasteiger partial charge in [-0.1, -0.05) is 96.7 Å². The Balaban J connectivity index is 1.39. The molecule has 3 aliphatic carbocycles. The molecule has 11 amide bonds. The first kappa shape index (κ1) is 76.3. The highest BCUT2D eigenvalue weighted by Crippen LogP contribution is 2.40. The van der Waals surface area contributed by atoms with Gasteiger partial charge in [-0.15, -0.1) is 0 Å². The molecule has 0 radical (unpaired) electrons. The maximum absolute atomic E-state index is 15.9. The summed E-state index contributed by atoms with van der Waals surface area (Å²) in [5.41, 5.74) is -2.70. The maximum Gasteiger partial charge on any atom is 0.417 e. The molecule has 0 aromatic heterocycles. The summed E-state index contributed by atoms with van der Waals surface area (Å²) >= 11 is 6.07. The molecule has 5 aliphatic rings. The Kier molecular flexibility index (Phi) is 26.3. The fraction of sp³-hybridized carbons (Fsp3) is 0.742. The predicted octanol–water partition coefficient (Wildman–Crippen LogP) is 5.90. The van der Waals surface area contributed by atoms with Crippen LogP contribution in [0.1, 0.15) is 161 Å². The van der Waals surface area contributed by atoms with Crippen molar-refractivity contribution in [3.05, 3.63) is 34.3 Å². The van der Waals surface area contributed by atoms with E-state index in [0.717, 1.165) is 77.8 Å². The van der Waals surface area contributed by atoms with E-state index >= 15 is 13.6 Å². The maximum atomic E-state index is 15.9. The Hall–Kier alpha value is -6.67. The molecule has 2 aliphatic heterocycles. The van der Waals surface area contributed by atoms with Gasteiger partial charge in [-0.25, -0.2) is 8.78 Å². The lowest BCUT2D eigenvalue weighted by atomic mass is 9.74. The van der Waals surface area contributed by atoms with Gasteiger partial charge in [-0.05, 0) is 106 Å². The Morgan fingerprint density at radius 2 is 1.26 bits per heavy atom. The summed E-state index contributed by atoms with van der Waals surface area (Å²) in [7, 11) is 9.79. The minimum atomic E-state index is -4.82. The van der Waals surface area contributed by atoms with E-state index in [-0.39, 0.29) is 61.8 Å². The van der Waals surface area contributed by atoms with Crippen molar-refractivity contribution < 1.29 is 74.7 Å². The number of aryl methyl sites for hydroxylation is 1. The van der Waals surface area contributed by atoms with Crippen LogP contribution in [0.2, 0.25) is 5.02 Å². The molecule has 22 nitrogen and oxygen atoms in total. The number of halogens is 6. The Bertz CT molecular complexity index is 2940. The van der Waals surface area contributed by atoms with Crippen LogP contribution >= 0.6 is 11.6 Å². The largest absolute Gasteiger partial charge is 0.417 e. The Labute approximate surface area is 554 Å². The number of nitrogens with one attached hydrogen (secondary N) is 3. The lowest BCUT2D eigenvalue weighted by Gasteiger charge is -2.46. The number of benzene rings is 1. The summed E-state index contributed by atoms with van der Waals surface area (Å²) in [6.07, 6.45) is 0.977. The fourth-order valence-electron chi connectivity index (χ4n) is 13.8. The monoisotopic (exact) mass is 1350 g/mol. The van der Waals surface area contributed by atoms with Crippen LogP contribution in [0.25, 0.3) is 0 Å². The molecule has 3 saturated carbocycles. The van der Waals surface area contributed by atoms with E-state index in [2.05, 4.69) is 16.0 Å². The minimum absolute atomic E-state index is 0.0306. The number of carbonyl (C=O) groups is 11. The van der Waals surface area contributed by atoms with Gasteiger partial charge in [0.05, 0.1) is 36.8 Å². The van der Waals surface area contributed by atoms with E-state index in [1.165, 1.54) is 68.9 Å². The first-order chi connectivity index (χ1) is 43.9. The van der Waals surface area contributed by atoms with Crippen LogP contribution in [0.5, 0.6) is 0 Å². The summed E-state index contributed by atoms with van der Waals surface area (Å²) < 4.78 is 73.2.